The van der Waals surface area contributed by atoms with Crippen LogP contribution in [0.15, 0.2) is 0 Å². The molecule has 0 aromatic rings. The summed E-state index contributed by atoms with van der Waals surface area (Å²) in [5, 5.41) is 92.3. The number of hydrogen-bond donors (Lipinski definition) is 7. The van der Waals surface area contributed by atoms with Crippen molar-refractivity contribution >= 4 is 124 Å². The van der Waals surface area contributed by atoms with Gasteiger partial charge < -0.3 is 60.3 Å². The van der Waals surface area contributed by atoms with E-state index in [1.165, 1.54) is 0 Å². The molecular weight excluding hydrogens is 483 g/mol. The summed E-state index contributed by atoms with van der Waals surface area (Å²) in [5.74, 6) is 0. The van der Waals surface area contributed by atoms with E-state index in [0.29, 0.717) is 0 Å². The zero-order valence-electron chi connectivity index (χ0n) is 9.90. The van der Waals surface area contributed by atoms with Crippen molar-refractivity contribution in [2.45, 2.75) is 0 Å². The van der Waals surface area contributed by atoms with Gasteiger partial charge >= 0.3 is 139 Å². The van der Waals surface area contributed by atoms with Gasteiger partial charge in [-0.15, -0.1) is 0 Å². The molecule has 0 unspecified atom stereocenters. The average Bonchev–Trinajstić information content (AvgIpc) is 1.76. The van der Waals surface area contributed by atoms with E-state index in [1.807, 2.05) is 0 Å². The fourth-order valence-electron chi connectivity index (χ4n) is 0. The molecule has 0 aliphatic rings. The van der Waals surface area contributed by atoms with Crippen molar-refractivity contribution in [3.8, 4) is 0 Å². The van der Waals surface area contributed by atoms with Crippen molar-refractivity contribution in [2.75, 3.05) is 0 Å². The molecule has 0 bridgehead atoms. The minimum Gasteiger partial charge on any atom is -0.907 e. The Hall–Kier alpha value is 3.83. The summed E-state index contributed by atoms with van der Waals surface area (Å²) in [7, 11) is -9.92. The number of rotatable bonds is 0. The van der Waals surface area contributed by atoms with Crippen LogP contribution in [0.1, 0.15) is 0 Å². The van der Waals surface area contributed by atoms with E-state index in [4.69, 9.17) is 60.3 Å². The molecule has 7 N–H and O–H groups in total. The first kappa shape index (κ1) is 43.4. The first-order valence-corrected chi connectivity index (χ1v) is 2.99. The summed E-state index contributed by atoms with van der Waals surface area (Å²) >= 11 is 0. The Balaban J connectivity index is -0.0000000192. The van der Waals surface area contributed by atoms with Crippen LogP contribution >= 0.6 is 0 Å². The molecule has 0 atom stereocenters. The maximum Gasteiger partial charge on any atom is 2.00 e. The third-order valence-electron chi connectivity index (χ3n) is 0. The van der Waals surface area contributed by atoms with Crippen LogP contribution in [0.25, 0.3) is 0 Å². The van der Waals surface area contributed by atoms with Gasteiger partial charge in [-0.3, -0.25) is 7.32 Å². The second-order valence-corrected chi connectivity index (χ2v) is 1.29. The number of hydrogen-bond acceptors (Lipinski definition) is 12. The minimum absolute atomic E-state index is 0. The molecule has 96 valence electrons. The largest absolute Gasteiger partial charge is 2.00 e. The van der Waals surface area contributed by atoms with Crippen LogP contribution < -0.4 is 54.7 Å². The van der Waals surface area contributed by atoms with Crippen LogP contribution in [-0.2, 0) is 0 Å². The molecule has 19 heteroatoms. The molecule has 0 heterocycles. The Morgan fingerprint density at radius 1 is 0.579 bits per heavy atom. The normalized spacial score (nSPS) is 5.68. The van der Waals surface area contributed by atoms with Gasteiger partial charge in [0.2, 0.25) is 0 Å². The standard InChI is InChI=1S/2BH3O3.BHO3.BO3.Ba.Na.Sr/c4*2-1(3)4;;;/h2*2-4H;2H;;;;/q;;-2;-3;+2;+1;+2. The van der Waals surface area contributed by atoms with Gasteiger partial charge in [-0.05, 0) is 0 Å². The van der Waals surface area contributed by atoms with E-state index in [0.717, 1.165) is 0 Å². The molecule has 0 amide bonds. The van der Waals surface area contributed by atoms with E-state index in [2.05, 4.69) is 0 Å². The third kappa shape index (κ3) is 585. The topological polar surface area (TPSA) is 257 Å². The molecule has 0 aliphatic heterocycles. The van der Waals surface area contributed by atoms with Crippen molar-refractivity contribution < 1.29 is 89.8 Å². The van der Waals surface area contributed by atoms with Crippen molar-refractivity contribution in [3.63, 3.8) is 0 Å². The summed E-state index contributed by atoms with van der Waals surface area (Å²) in [6, 6.07) is 0. The van der Waals surface area contributed by atoms with Gasteiger partial charge in [-0.2, -0.15) is 0 Å². The van der Waals surface area contributed by atoms with E-state index < -0.39 is 29.3 Å². The zero-order chi connectivity index (χ0) is 14.3. The Labute approximate surface area is 209 Å². The predicted octanol–water partition coefficient (Wildman–Crippen LogP) is -15.1. The molecule has 0 aromatic heterocycles. The van der Waals surface area contributed by atoms with Crippen LogP contribution in [0.2, 0.25) is 0 Å². The van der Waals surface area contributed by atoms with Gasteiger partial charge in [0.25, 0.3) is 0 Å². The van der Waals surface area contributed by atoms with Crippen molar-refractivity contribution in [2.24, 2.45) is 0 Å². The monoisotopic (exact) mass is 492 g/mol. The molecule has 0 saturated carbocycles. The van der Waals surface area contributed by atoms with Crippen molar-refractivity contribution in [1.29, 1.82) is 0 Å². The van der Waals surface area contributed by atoms with E-state index in [-0.39, 0.29) is 124 Å². The predicted molar refractivity (Wildman–Crippen MR) is 50.1 cm³/mol. The molecule has 0 spiro atoms. The van der Waals surface area contributed by atoms with Crippen LogP contribution in [0.4, 0.5) is 0 Å². The first-order valence-electron chi connectivity index (χ1n) is 2.99. The van der Waals surface area contributed by atoms with Gasteiger partial charge in [-0.1, -0.05) is 0 Å². The van der Waals surface area contributed by atoms with Crippen LogP contribution in [-0.4, -0.2) is 159 Å². The fourth-order valence-corrected chi connectivity index (χ4v) is 0. The fraction of sp³-hybridized carbons (Fsp3) is 0. The van der Waals surface area contributed by atoms with Gasteiger partial charge in [0.05, 0.1) is 7.32 Å². The summed E-state index contributed by atoms with van der Waals surface area (Å²) in [4.78, 5) is 0. The second-order valence-electron chi connectivity index (χ2n) is 1.29. The average molecular weight is 490 g/mol. The third-order valence-corrected chi connectivity index (χ3v) is 0. The van der Waals surface area contributed by atoms with Crippen molar-refractivity contribution in [3.05, 3.63) is 0 Å². The van der Waals surface area contributed by atoms with Crippen LogP contribution in [0.5, 0.6) is 0 Å². The van der Waals surface area contributed by atoms with E-state index in [1.54, 1.807) is 0 Å². The maximum atomic E-state index is 8.53. The molecule has 0 radical (unpaired) electrons. The minimum atomic E-state index is -2.92. The summed E-state index contributed by atoms with van der Waals surface area (Å²) in [6.07, 6.45) is 0. The zero-order valence-corrected chi connectivity index (χ0v) is 19.8. The molecule has 0 aromatic carbocycles. The smallest absolute Gasteiger partial charge is 0.907 e. The molecular formula is H7B4BaNaO12Sr. The first-order chi connectivity index (χ1) is 6.93. The van der Waals surface area contributed by atoms with E-state index in [9.17, 15) is 0 Å². The SMILES string of the molecule is OB(O)O.OB(O)O.[Ba+2].[Na+].[O-]B([O-])O.[O-]B([O-])[O-].[Sr+2]. The summed E-state index contributed by atoms with van der Waals surface area (Å²) in [6.45, 7) is 0. The summed E-state index contributed by atoms with van der Waals surface area (Å²) in [5.41, 5.74) is 0. The van der Waals surface area contributed by atoms with Gasteiger partial charge in [-0.25, -0.2) is 0 Å². The Morgan fingerprint density at radius 2 is 0.579 bits per heavy atom. The van der Waals surface area contributed by atoms with Crippen LogP contribution in [0.3, 0.4) is 0 Å². The van der Waals surface area contributed by atoms with Gasteiger partial charge in [0.1, 0.15) is 0 Å². The Bertz CT molecular complexity index is 72.7. The maximum absolute atomic E-state index is 8.53. The molecule has 0 rings (SSSR count). The van der Waals surface area contributed by atoms with Gasteiger partial charge in [0, 0.05) is 0 Å². The van der Waals surface area contributed by atoms with Crippen LogP contribution in [0, 0.1) is 0 Å². The summed E-state index contributed by atoms with van der Waals surface area (Å²) < 4.78 is 0. The van der Waals surface area contributed by atoms with E-state index >= 15 is 0 Å². The molecule has 0 fully saturated rings. The van der Waals surface area contributed by atoms with Crippen molar-refractivity contribution in [1.82, 2.24) is 0 Å². The molecule has 19 heavy (non-hydrogen) atoms. The Kier molecular flexibility index (Phi) is 86.4. The van der Waals surface area contributed by atoms with Gasteiger partial charge in [0.15, 0.2) is 0 Å². The molecule has 0 saturated heterocycles. The quantitative estimate of drug-likeness (QED) is 0.156. The molecule has 12 nitrogen and oxygen atoms in total. The second kappa shape index (κ2) is 37.8. The molecule has 0 aliphatic carbocycles. The Morgan fingerprint density at radius 3 is 0.579 bits per heavy atom.